The number of nitrogens with one attached hydrogen (secondary N) is 1. The minimum Gasteiger partial charge on any atom is -0.477 e. The zero-order chi connectivity index (χ0) is 17.4. The van der Waals surface area contributed by atoms with Crippen LogP contribution in [0.5, 0.6) is 0 Å². The van der Waals surface area contributed by atoms with Crippen molar-refractivity contribution in [2.75, 3.05) is 0 Å². The summed E-state index contributed by atoms with van der Waals surface area (Å²) in [6, 6.07) is 3.38. The molecule has 122 valence electrons. The van der Waals surface area contributed by atoms with Crippen molar-refractivity contribution >= 4 is 5.97 Å². The number of carbonyl (C=O) groups is 1. The second-order valence-corrected chi connectivity index (χ2v) is 4.79. The molecule has 0 aliphatic rings. The number of carboxylic acid groups (broad SMARTS) is 1. The predicted molar refractivity (Wildman–Crippen MR) is 73.6 cm³/mol. The third-order valence-corrected chi connectivity index (χ3v) is 3.37. The zero-order valence-corrected chi connectivity index (χ0v) is 11.8. The summed E-state index contributed by atoms with van der Waals surface area (Å²) in [4.78, 5) is 36.7. The molecular weight excluding hydrogens is 317 g/mol. The van der Waals surface area contributed by atoms with Gasteiger partial charge in [-0.05, 0) is 24.1 Å². The van der Waals surface area contributed by atoms with Crippen LogP contribution in [0.2, 0.25) is 0 Å². The second kappa shape index (κ2) is 5.75. The lowest BCUT2D eigenvalue weighted by Gasteiger charge is -2.14. The van der Waals surface area contributed by atoms with E-state index in [1.54, 1.807) is 0 Å². The first kappa shape index (κ1) is 16.5. The lowest BCUT2D eigenvalue weighted by Crippen LogP contribution is -2.38. The Morgan fingerprint density at radius 3 is 2.52 bits per heavy atom. The molecule has 0 amide bonds. The van der Waals surface area contributed by atoms with E-state index in [0.29, 0.717) is 4.57 Å². The number of hydrogen-bond donors (Lipinski definition) is 2. The van der Waals surface area contributed by atoms with Crippen molar-refractivity contribution in [1.29, 1.82) is 0 Å². The third kappa shape index (κ3) is 3.17. The van der Waals surface area contributed by atoms with Crippen molar-refractivity contribution < 1.29 is 23.1 Å². The van der Waals surface area contributed by atoms with E-state index < -0.39 is 41.1 Å². The van der Waals surface area contributed by atoms with Crippen LogP contribution < -0.4 is 11.2 Å². The minimum atomic E-state index is -4.57. The first-order valence-corrected chi connectivity index (χ1v) is 6.34. The van der Waals surface area contributed by atoms with E-state index in [0.717, 1.165) is 18.3 Å². The quantitative estimate of drug-likeness (QED) is 0.895. The molecule has 2 rings (SSSR count). The highest BCUT2D eigenvalue weighted by atomic mass is 19.4. The summed E-state index contributed by atoms with van der Waals surface area (Å²) in [7, 11) is 0. The molecule has 0 aliphatic carbocycles. The Morgan fingerprint density at radius 2 is 1.96 bits per heavy atom. The maximum atomic E-state index is 12.9. The predicted octanol–water partition coefficient (Wildman–Crippen LogP) is 1.61. The molecule has 0 saturated heterocycles. The lowest BCUT2D eigenvalue weighted by atomic mass is 10.0. The monoisotopic (exact) mass is 328 g/mol. The highest BCUT2D eigenvalue weighted by Crippen LogP contribution is 2.32. The van der Waals surface area contributed by atoms with Crippen molar-refractivity contribution in [2.45, 2.75) is 19.6 Å². The van der Waals surface area contributed by atoms with Gasteiger partial charge in [-0.2, -0.15) is 13.2 Å². The molecule has 1 heterocycles. The number of aromatic carboxylic acids is 1. The Morgan fingerprint density at radius 1 is 1.30 bits per heavy atom. The molecule has 0 atom stereocenters. The van der Waals surface area contributed by atoms with E-state index in [9.17, 15) is 27.6 Å². The molecule has 23 heavy (non-hydrogen) atoms. The van der Waals surface area contributed by atoms with Crippen LogP contribution in [0.4, 0.5) is 13.2 Å². The van der Waals surface area contributed by atoms with Crippen LogP contribution in [0.25, 0.3) is 0 Å². The fraction of sp³-hybridized carbons (Fsp3) is 0.214. The number of H-pyrrole nitrogens is 1. The van der Waals surface area contributed by atoms with E-state index >= 15 is 0 Å². The molecule has 0 spiro atoms. The fourth-order valence-corrected chi connectivity index (χ4v) is 2.14. The Balaban J connectivity index is 2.58. The average molecular weight is 328 g/mol. The molecule has 2 N–H and O–H groups in total. The Kier molecular flexibility index (Phi) is 4.13. The maximum absolute atomic E-state index is 12.9. The third-order valence-electron chi connectivity index (χ3n) is 3.37. The smallest absolute Gasteiger partial charge is 0.416 e. The number of halogens is 3. The second-order valence-electron chi connectivity index (χ2n) is 4.79. The van der Waals surface area contributed by atoms with Gasteiger partial charge in [0, 0.05) is 6.20 Å². The molecule has 0 unspecified atom stereocenters. The molecule has 0 saturated carbocycles. The van der Waals surface area contributed by atoms with Gasteiger partial charge in [0.05, 0.1) is 12.1 Å². The SMILES string of the molecule is Cc1c(Cn2c(=O)[nH]cc(C(=O)O)c2=O)cccc1C(F)(F)F. The largest absolute Gasteiger partial charge is 0.477 e. The van der Waals surface area contributed by atoms with E-state index in [-0.39, 0.29) is 11.1 Å². The summed E-state index contributed by atoms with van der Waals surface area (Å²) < 4.78 is 39.2. The first-order valence-electron chi connectivity index (χ1n) is 6.34. The van der Waals surface area contributed by atoms with Gasteiger partial charge < -0.3 is 10.1 Å². The van der Waals surface area contributed by atoms with Crippen LogP contribution in [0.15, 0.2) is 34.0 Å². The highest BCUT2D eigenvalue weighted by molar-refractivity contribution is 5.86. The topological polar surface area (TPSA) is 92.2 Å². The van der Waals surface area contributed by atoms with Gasteiger partial charge in [-0.25, -0.2) is 9.59 Å². The maximum Gasteiger partial charge on any atom is 0.416 e. The molecule has 1 aromatic carbocycles. The van der Waals surface area contributed by atoms with Gasteiger partial charge in [0.2, 0.25) is 0 Å². The van der Waals surface area contributed by atoms with Crippen LogP contribution in [-0.2, 0) is 12.7 Å². The summed E-state index contributed by atoms with van der Waals surface area (Å²) in [5.74, 6) is -1.54. The van der Waals surface area contributed by atoms with Gasteiger partial charge in [-0.15, -0.1) is 0 Å². The normalized spacial score (nSPS) is 11.5. The summed E-state index contributed by atoms with van der Waals surface area (Å²) in [5, 5.41) is 8.87. The van der Waals surface area contributed by atoms with Gasteiger partial charge >= 0.3 is 17.8 Å². The number of benzene rings is 1. The summed E-state index contributed by atoms with van der Waals surface area (Å²) in [5.41, 5.74) is -3.58. The number of carboxylic acids is 1. The van der Waals surface area contributed by atoms with Crippen molar-refractivity contribution in [3.05, 3.63) is 67.5 Å². The van der Waals surface area contributed by atoms with E-state index in [4.69, 9.17) is 5.11 Å². The van der Waals surface area contributed by atoms with Gasteiger partial charge in [-0.3, -0.25) is 9.36 Å². The van der Waals surface area contributed by atoms with Gasteiger partial charge in [-0.1, -0.05) is 12.1 Å². The van der Waals surface area contributed by atoms with Crippen LogP contribution in [0.1, 0.15) is 27.0 Å². The van der Waals surface area contributed by atoms with Crippen molar-refractivity contribution in [3.8, 4) is 0 Å². The van der Waals surface area contributed by atoms with Crippen molar-refractivity contribution in [1.82, 2.24) is 9.55 Å². The minimum absolute atomic E-state index is 0.0926. The number of nitrogens with zero attached hydrogens (tertiary/aromatic N) is 1. The van der Waals surface area contributed by atoms with Crippen LogP contribution >= 0.6 is 0 Å². The van der Waals surface area contributed by atoms with Gasteiger partial charge in [0.25, 0.3) is 5.56 Å². The molecule has 0 aliphatic heterocycles. The molecule has 0 radical (unpaired) electrons. The number of aromatic nitrogens is 2. The fourth-order valence-electron chi connectivity index (χ4n) is 2.14. The van der Waals surface area contributed by atoms with Crippen LogP contribution in [-0.4, -0.2) is 20.6 Å². The molecule has 6 nitrogen and oxygen atoms in total. The van der Waals surface area contributed by atoms with Crippen LogP contribution in [0, 0.1) is 6.92 Å². The van der Waals surface area contributed by atoms with E-state index in [1.807, 2.05) is 0 Å². The number of rotatable bonds is 3. The lowest BCUT2D eigenvalue weighted by molar-refractivity contribution is -0.138. The molecule has 9 heteroatoms. The molecule has 2 aromatic rings. The highest BCUT2D eigenvalue weighted by Gasteiger charge is 2.32. The zero-order valence-electron chi connectivity index (χ0n) is 11.8. The van der Waals surface area contributed by atoms with Crippen molar-refractivity contribution in [3.63, 3.8) is 0 Å². The number of hydrogen-bond acceptors (Lipinski definition) is 3. The Bertz CT molecular complexity index is 881. The molecule has 0 bridgehead atoms. The molecule has 1 aromatic heterocycles. The summed E-state index contributed by atoms with van der Waals surface area (Å²) in [6.45, 7) is 0.753. The number of alkyl halides is 3. The van der Waals surface area contributed by atoms with Crippen molar-refractivity contribution in [2.24, 2.45) is 0 Å². The van der Waals surface area contributed by atoms with Gasteiger partial charge in [0.1, 0.15) is 5.56 Å². The Hall–Kier alpha value is -2.84. The average Bonchev–Trinajstić information content (AvgIpc) is 2.43. The standard InChI is InChI=1S/C14H11F3N2O4/c1-7-8(3-2-4-10(7)14(15,16)17)6-19-11(20)9(12(21)22)5-18-13(19)23/h2-5H,6H2,1H3,(H,18,23)(H,21,22). The van der Waals surface area contributed by atoms with E-state index in [1.165, 1.54) is 13.0 Å². The first-order chi connectivity index (χ1) is 10.6. The molecular formula is C14H11F3N2O4. The van der Waals surface area contributed by atoms with Crippen LogP contribution in [0.3, 0.4) is 0 Å². The molecule has 0 fully saturated rings. The number of aromatic amines is 1. The summed E-state index contributed by atoms with van der Waals surface area (Å²) >= 11 is 0. The Labute approximate surface area is 126 Å². The van der Waals surface area contributed by atoms with Gasteiger partial charge in [0.15, 0.2) is 0 Å². The summed E-state index contributed by atoms with van der Waals surface area (Å²) in [6.07, 6.45) is -3.82. The van der Waals surface area contributed by atoms with E-state index in [2.05, 4.69) is 4.98 Å².